The van der Waals surface area contributed by atoms with Crippen LogP contribution in [0.3, 0.4) is 0 Å². The Balaban J connectivity index is 1.65. The molecule has 174 valence electrons. The van der Waals surface area contributed by atoms with Gasteiger partial charge in [-0.25, -0.2) is 8.42 Å². The van der Waals surface area contributed by atoms with Crippen LogP contribution >= 0.6 is 0 Å². The van der Waals surface area contributed by atoms with Gasteiger partial charge in [-0.15, -0.1) is 0 Å². The zero-order valence-corrected chi connectivity index (χ0v) is 20.4. The summed E-state index contributed by atoms with van der Waals surface area (Å²) in [6.07, 6.45) is 0.992. The summed E-state index contributed by atoms with van der Waals surface area (Å²) < 4.78 is 26.8. The van der Waals surface area contributed by atoms with Crippen molar-refractivity contribution in [2.45, 2.75) is 51.1 Å². The SMILES string of the molecule is CCN(CC)S(=O)(=O)c1ccc(C(=O)N2CC(C)N(CCc3ccccc3)C(C)C2)cc1. The molecule has 0 radical (unpaired) electrons. The van der Waals surface area contributed by atoms with Crippen LogP contribution < -0.4 is 0 Å². The molecule has 2 aromatic rings. The molecule has 1 heterocycles. The van der Waals surface area contributed by atoms with Gasteiger partial charge in [0.2, 0.25) is 10.0 Å². The first-order valence-electron chi connectivity index (χ1n) is 11.5. The van der Waals surface area contributed by atoms with Gasteiger partial charge in [-0.2, -0.15) is 4.31 Å². The van der Waals surface area contributed by atoms with E-state index in [0.29, 0.717) is 31.7 Å². The molecule has 0 bridgehead atoms. The summed E-state index contributed by atoms with van der Waals surface area (Å²) >= 11 is 0. The van der Waals surface area contributed by atoms with E-state index in [9.17, 15) is 13.2 Å². The van der Waals surface area contributed by atoms with Crippen LogP contribution in [0, 0.1) is 0 Å². The predicted molar refractivity (Wildman–Crippen MR) is 128 cm³/mol. The minimum absolute atomic E-state index is 0.0433. The lowest BCUT2D eigenvalue weighted by atomic mass is 10.0. The molecule has 1 aliphatic rings. The maximum atomic E-state index is 13.1. The average molecular weight is 458 g/mol. The first kappa shape index (κ1) is 24.4. The minimum Gasteiger partial charge on any atom is -0.336 e. The molecule has 1 amide bonds. The fourth-order valence-electron chi connectivity index (χ4n) is 4.53. The molecule has 0 spiro atoms. The van der Waals surface area contributed by atoms with Gasteiger partial charge < -0.3 is 4.90 Å². The summed E-state index contributed by atoms with van der Waals surface area (Å²) in [4.78, 5) is 17.7. The van der Waals surface area contributed by atoms with Crippen LogP contribution in [-0.2, 0) is 16.4 Å². The van der Waals surface area contributed by atoms with Crippen molar-refractivity contribution >= 4 is 15.9 Å². The van der Waals surface area contributed by atoms with E-state index in [2.05, 4.69) is 43.0 Å². The van der Waals surface area contributed by atoms with Crippen molar-refractivity contribution in [3.63, 3.8) is 0 Å². The highest BCUT2D eigenvalue weighted by Gasteiger charge is 2.32. The van der Waals surface area contributed by atoms with Crippen molar-refractivity contribution in [2.24, 2.45) is 0 Å². The number of nitrogens with zero attached hydrogens (tertiary/aromatic N) is 3. The van der Waals surface area contributed by atoms with Gasteiger partial charge in [0.15, 0.2) is 0 Å². The van der Waals surface area contributed by atoms with Crippen LogP contribution in [0.15, 0.2) is 59.5 Å². The zero-order valence-electron chi connectivity index (χ0n) is 19.6. The lowest BCUT2D eigenvalue weighted by Crippen LogP contribution is -2.58. The topological polar surface area (TPSA) is 60.9 Å². The van der Waals surface area contributed by atoms with E-state index in [0.717, 1.165) is 13.0 Å². The Morgan fingerprint density at radius 2 is 1.50 bits per heavy atom. The van der Waals surface area contributed by atoms with Gasteiger partial charge in [0.05, 0.1) is 4.90 Å². The van der Waals surface area contributed by atoms with Crippen molar-refractivity contribution in [3.8, 4) is 0 Å². The summed E-state index contributed by atoms with van der Waals surface area (Å²) in [5, 5.41) is 0. The zero-order chi connectivity index (χ0) is 23.3. The molecule has 2 aromatic carbocycles. The van der Waals surface area contributed by atoms with Crippen molar-refractivity contribution in [1.82, 2.24) is 14.1 Å². The maximum absolute atomic E-state index is 13.1. The molecule has 6 nitrogen and oxygen atoms in total. The van der Waals surface area contributed by atoms with Crippen LogP contribution in [0.5, 0.6) is 0 Å². The number of rotatable bonds is 8. The van der Waals surface area contributed by atoms with E-state index in [-0.39, 0.29) is 22.9 Å². The van der Waals surface area contributed by atoms with Gasteiger partial charge in [0, 0.05) is 50.4 Å². The standard InChI is InChI=1S/C25H35N3O3S/c1-5-27(6-2)32(30,31)24-14-12-23(13-15-24)25(29)26-18-20(3)28(21(4)19-26)17-16-22-10-8-7-9-11-22/h7-15,20-21H,5-6,16-19H2,1-4H3. The normalized spacial score (nSPS) is 20.0. The van der Waals surface area contributed by atoms with Crippen LogP contribution in [0.4, 0.5) is 0 Å². The van der Waals surface area contributed by atoms with Crippen LogP contribution in [0.25, 0.3) is 0 Å². The Hall–Kier alpha value is -2.22. The van der Waals surface area contributed by atoms with Gasteiger partial charge in [-0.05, 0) is 50.1 Å². The van der Waals surface area contributed by atoms with Gasteiger partial charge in [-0.1, -0.05) is 44.2 Å². The number of carbonyl (C=O) groups is 1. The van der Waals surface area contributed by atoms with Crippen LogP contribution in [0.1, 0.15) is 43.6 Å². The third-order valence-corrected chi connectivity index (χ3v) is 8.40. The number of benzene rings is 2. The van der Waals surface area contributed by atoms with E-state index in [4.69, 9.17) is 0 Å². The average Bonchev–Trinajstić information content (AvgIpc) is 2.79. The number of hydrogen-bond acceptors (Lipinski definition) is 4. The van der Waals surface area contributed by atoms with Crippen LogP contribution in [0.2, 0.25) is 0 Å². The Morgan fingerprint density at radius 1 is 0.938 bits per heavy atom. The number of carbonyl (C=O) groups excluding carboxylic acids is 1. The molecular weight excluding hydrogens is 422 g/mol. The van der Waals surface area contributed by atoms with Crippen molar-refractivity contribution < 1.29 is 13.2 Å². The highest BCUT2D eigenvalue weighted by molar-refractivity contribution is 7.89. The van der Waals surface area contributed by atoms with E-state index in [1.54, 1.807) is 24.3 Å². The van der Waals surface area contributed by atoms with Gasteiger partial charge in [-0.3, -0.25) is 9.69 Å². The van der Waals surface area contributed by atoms with Gasteiger partial charge in [0.25, 0.3) is 5.91 Å². The predicted octanol–water partition coefficient (Wildman–Crippen LogP) is 3.49. The molecule has 1 saturated heterocycles. The Kier molecular flexibility index (Phi) is 8.09. The number of amides is 1. The van der Waals surface area contributed by atoms with E-state index < -0.39 is 10.0 Å². The first-order chi connectivity index (χ1) is 15.3. The molecule has 1 aliphatic heterocycles. The summed E-state index contributed by atoms with van der Waals surface area (Å²) in [5.74, 6) is -0.0433. The number of hydrogen-bond donors (Lipinski definition) is 0. The molecule has 1 fully saturated rings. The molecule has 32 heavy (non-hydrogen) atoms. The quantitative estimate of drug-likeness (QED) is 0.609. The fourth-order valence-corrected chi connectivity index (χ4v) is 5.99. The van der Waals surface area contributed by atoms with Crippen molar-refractivity contribution in [1.29, 1.82) is 0 Å². The van der Waals surface area contributed by atoms with Crippen molar-refractivity contribution in [3.05, 3.63) is 65.7 Å². The Labute approximate surface area is 192 Å². The minimum atomic E-state index is -3.52. The molecule has 3 rings (SSSR count). The second kappa shape index (κ2) is 10.6. The summed E-state index contributed by atoms with van der Waals surface area (Å²) in [6.45, 7) is 11.1. The smallest absolute Gasteiger partial charge is 0.253 e. The van der Waals surface area contributed by atoms with E-state index in [1.165, 1.54) is 9.87 Å². The molecule has 0 aromatic heterocycles. The third-order valence-electron chi connectivity index (χ3n) is 6.33. The second-order valence-corrected chi connectivity index (χ2v) is 10.4. The molecule has 7 heteroatoms. The van der Waals surface area contributed by atoms with E-state index in [1.807, 2.05) is 24.8 Å². The summed E-state index contributed by atoms with van der Waals surface area (Å²) in [5.41, 5.74) is 1.85. The molecular formula is C25H35N3O3S. The van der Waals surface area contributed by atoms with Crippen molar-refractivity contribution in [2.75, 3.05) is 32.7 Å². The lowest BCUT2D eigenvalue weighted by molar-refractivity contribution is 0.0311. The fraction of sp³-hybridized carbons (Fsp3) is 0.480. The molecule has 0 N–H and O–H groups in total. The van der Waals surface area contributed by atoms with Crippen LogP contribution in [-0.4, -0.2) is 73.2 Å². The highest BCUT2D eigenvalue weighted by Crippen LogP contribution is 2.21. The van der Waals surface area contributed by atoms with E-state index >= 15 is 0 Å². The highest BCUT2D eigenvalue weighted by atomic mass is 32.2. The van der Waals surface area contributed by atoms with Gasteiger partial charge in [0.1, 0.15) is 0 Å². The largest absolute Gasteiger partial charge is 0.336 e. The molecule has 0 aliphatic carbocycles. The molecule has 2 unspecified atom stereocenters. The second-order valence-electron chi connectivity index (χ2n) is 8.50. The molecule has 0 saturated carbocycles. The Morgan fingerprint density at radius 3 is 2.03 bits per heavy atom. The van der Waals surface area contributed by atoms with Gasteiger partial charge >= 0.3 is 0 Å². The third kappa shape index (κ3) is 5.39. The maximum Gasteiger partial charge on any atom is 0.253 e. The summed E-state index contributed by atoms with van der Waals surface area (Å²) in [6, 6.07) is 17.3. The lowest BCUT2D eigenvalue weighted by Gasteiger charge is -2.44. The number of piperazine rings is 1. The number of sulfonamides is 1. The summed E-state index contributed by atoms with van der Waals surface area (Å²) in [7, 11) is -3.52. The molecule has 2 atom stereocenters. The Bertz CT molecular complexity index is 977. The first-order valence-corrected chi connectivity index (χ1v) is 12.9. The monoisotopic (exact) mass is 457 g/mol.